The first-order valence-corrected chi connectivity index (χ1v) is 5.82. The molecule has 4 heteroatoms. The van der Waals surface area contributed by atoms with Crippen molar-refractivity contribution in [2.75, 3.05) is 0 Å². The van der Waals surface area contributed by atoms with E-state index in [4.69, 9.17) is 21.5 Å². The highest BCUT2D eigenvalue weighted by Gasteiger charge is 2.01. The van der Waals surface area contributed by atoms with E-state index in [2.05, 4.69) is 5.16 Å². The van der Waals surface area contributed by atoms with Gasteiger partial charge in [0.15, 0.2) is 5.17 Å². The summed E-state index contributed by atoms with van der Waals surface area (Å²) < 4.78 is 5.61. The Hall–Kier alpha value is -2.00. The largest absolute Gasteiger partial charge is 0.489 e. The van der Waals surface area contributed by atoms with Gasteiger partial charge in [-0.2, -0.15) is 0 Å². The molecule has 0 unspecified atom stereocenters. The molecule has 0 spiro atoms. The molecule has 0 saturated carbocycles. The van der Waals surface area contributed by atoms with Crippen LogP contribution in [0.25, 0.3) is 0 Å². The Labute approximate surface area is 110 Å². The van der Waals surface area contributed by atoms with Crippen LogP contribution in [0.3, 0.4) is 0 Å². The number of hydrogen-bond acceptors (Lipinski definition) is 3. The molecular formula is C14H12ClNO2. The van der Waals surface area contributed by atoms with Gasteiger partial charge in [-0.3, -0.25) is 0 Å². The number of benzene rings is 2. The molecule has 3 nitrogen and oxygen atoms in total. The van der Waals surface area contributed by atoms with E-state index in [9.17, 15) is 0 Å². The molecule has 92 valence electrons. The minimum absolute atomic E-state index is 0.0598. The lowest BCUT2D eigenvalue weighted by molar-refractivity contribution is 0.306. The topological polar surface area (TPSA) is 41.8 Å². The average molecular weight is 262 g/mol. The molecule has 0 heterocycles. The highest BCUT2D eigenvalue weighted by molar-refractivity contribution is 6.69. The molecule has 0 aliphatic carbocycles. The normalized spacial score (nSPS) is 11.3. The van der Waals surface area contributed by atoms with Gasteiger partial charge in [-0.05, 0) is 29.8 Å². The number of nitrogens with zero attached hydrogens (tertiary/aromatic N) is 1. The summed E-state index contributed by atoms with van der Waals surface area (Å²) in [6, 6.07) is 17.0. The second-order valence-corrected chi connectivity index (χ2v) is 4.05. The van der Waals surface area contributed by atoms with E-state index >= 15 is 0 Å². The summed E-state index contributed by atoms with van der Waals surface area (Å²) in [7, 11) is 0. The van der Waals surface area contributed by atoms with E-state index in [0.717, 1.165) is 11.3 Å². The lowest BCUT2D eigenvalue weighted by Crippen LogP contribution is -1.96. The quantitative estimate of drug-likeness (QED) is 0.519. The first-order valence-electron chi connectivity index (χ1n) is 5.44. The molecule has 0 atom stereocenters. The van der Waals surface area contributed by atoms with Crippen LogP contribution in [-0.2, 0) is 6.61 Å². The van der Waals surface area contributed by atoms with Crippen molar-refractivity contribution in [3.63, 3.8) is 0 Å². The molecule has 0 aliphatic heterocycles. The average Bonchev–Trinajstić information content (AvgIpc) is 2.46. The van der Waals surface area contributed by atoms with Crippen LogP contribution in [0.2, 0.25) is 0 Å². The second kappa shape index (κ2) is 6.07. The zero-order valence-electron chi connectivity index (χ0n) is 9.58. The summed E-state index contributed by atoms with van der Waals surface area (Å²) in [6.45, 7) is 0.516. The standard InChI is InChI=1S/C14H12ClNO2/c15-14(16-17)12-6-8-13(9-7-12)18-10-11-4-2-1-3-5-11/h1-9,17H,10H2. The number of oxime groups is 1. The maximum absolute atomic E-state index is 8.53. The molecule has 18 heavy (non-hydrogen) atoms. The Bertz CT molecular complexity index is 523. The highest BCUT2D eigenvalue weighted by atomic mass is 35.5. The lowest BCUT2D eigenvalue weighted by Gasteiger charge is -2.06. The van der Waals surface area contributed by atoms with Gasteiger partial charge >= 0.3 is 0 Å². The fourth-order valence-electron chi connectivity index (χ4n) is 1.49. The van der Waals surface area contributed by atoms with Crippen molar-refractivity contribution < 1.29 is 9.94 Å². The van der Waals surface area contributed by atoms with Gasteiger partial charge in [-0.15, -0.1) is 0 Å². The van der Waals surface area contributed by atoms with E-state index in [1.807, 2.05) is 30.3 Å². The van der Waals surface area contributed by atoms with Gasteiger partial charge in [0.25, 0.3) is 0 Å². The van der Waals surface area contributed by atoms with Gasteiger partial charge in [-0.25, -0.2) is 0 Å². The summed E-state index contributed by atoms with van der Waals surface area (Å²) in [5, 5.41) is 11.5. The first kappa shape index (κ1) is 12.5. The molecule has 0 aliphatic rings. The summed E-state index contributed by atoms with van der Waals surface area (Å²) in [5.41, 5.74) is 1.75. The van der Waals surface area contributed by atoms with Crippen molar-refractivity contribution in [1.29, 1.82) is 0 Å². The van der Waals surface area contributed by atoms with Crippen LogP contribution in [0, 0.1) is 0 Å². The van der Waals surface area contributed by atoms with Crippen molar-refractivity contribution in [1.82, 2.24) is 0 Å². The zero-order chi connectivity index (χ0) is 12.8. The molecule has 1 N–H and O–H groups in total. The Kier molecular flexibility index (Phi) is 4.20. The fraction of sp³-hybridized carbons (Fsp3) is 0.0714. The summed E-state index contributed by atoms with van der Waals surface area (Å²) in [5.74, 6) is 0.741. The van der Waals surface area contributed by atoms with Gasteiger partial charge in [0.05, 0.1) is 0 Å². The van der Waals surface area contributed by atoms with Crippen molar-refractivity contribution in [3.8, 4) is 5.75 Å². The molecule has 0 saturated heterocycles. The third-order valence-electron chi connectivity index (χ3n) is 2.43. The maximum atomic E-state index is 8.53. The number of halogens is 1. The summed E-state index contributed by atoms with van der Waals surface area (Å²) in [4.78, 5) is 0. The zero-order valence-corrected chi connectivity index (χ0v) is 10.3. The van der Waals surface area contributed by atoms with Crippen LogP contribution in [-0.4, -0.2) is 10.4 Å². The Balaban J connectivity index is 1.99. The van der Waals surface area contributed by atoms with Crippen molar-refractivity contribution in [3.05, 3.63) is 65.7 Å². The third kappa shape index (κ3) is 3.25. The molecule has 0 aromatic heterocycles. The van der Waals surface area contributed by atoms with E-state index in [-0.39, 0.29) is 5.17 Å². The van der Waals surface area contributed by atoms with Crippen LogP contribution in [0.15, 0.2) is 59.8 Å². The van der Waals surface area contributed by atoms with Gasteiger partial charge < -0.3 is 9.94 Å². The predicted molar refractivity (Wildman–Crippen MR) is 71.4 cm³/mol. The summed E-state index contributed by atoms with van der Waals surface area (Å²) >= 11 is 5.68. The molecule has 0 fully saturated rings. The van der Waals surface area contributed by atoms with Crippen LogP contribution in [0.1, 0.15) is 11.1 Å². The SMILES string of the molecule is ON=C(Cl)c1ccc(OCc2ccccc2)cc1. The van der Waals surface area contributed by atoms with E-state index in [0.29, 0.717) is 12.2 Å². The van der Waals surface area contributed by atoms with Gasteiger partial charge in [0.2, 0.25) is 0 Å². The van der Waals surface area contributed by atoms with Gasteiger partial charge in [-0.1, -0.05) is 47.1 Å². The van der Waals surface area contributed by atoms with Crippen molar-refractivity contribution in [2.24, 2.45) is 5.16 Å². The monoisotopic (exact) mass is 261 g/mol. The van der Waals surface area contributed by atoms with Crippen LogP contribution in [0.5, 0.6) is 5.75 Å². The van der Waals surface area contributed by atoms with Crippen molar-refractivity contribution in [2.45, 2.75) is 6.61 Å². The second-order valence-electron chi connectivity index (χ2n) is 3.69. The van der Waals surface area contributed by atoms with Gasteiger partial charge in [0.1, 0.15) is 12.4 Å². The lowest BCUT2D eigenvalue weighted by atomic mass is 10.2. The van der Waals surface area contributed by atoms with Crippen LogP contribution in [0.4, 0.5) is 0 Å². The van der Waals surface area contributed by atoms with Gasteiger partial charge in [0, 0.05) is 5.56 Å². The maximum Gasteiger partial charge on any atom is 0.175 e. The number of rotatable bonds is 4. The minimum atomic E-state index is 0.0598. The molecule has 2 rings (SSSR count). The Morgan fingerprint density at radius 1 is 1.06 bits per heavy atom. The molecular weight excluding hydrogens is 250 g/mol. The molecule has 2 aromatic carbocycles. The van der Waals surface area contributed by atoms with Crippen LogP contribution >= 0.6 is 11.6 Å². The molecule has 0 radical (unpaired) electrons. The Morgan fingerprint density at radius 2 is 1.72 bits per heavy atom. The van der Waals surface area contributed by atoms with E-state index in [1.54, 1.807) is 24.3 Å². The highest BCUT2D eigenvalue weighted by Crippen LogP contribution is 2.15. The number of ether oxygens (including phenoxy) is 1. The Morgan fingerprint density at radius 3 is 2.33 bits per heavy atom. The van der Waals surface area contributed by atoms with E-state index in [1.165, 1.54) is 0 Å². The smallest absolute Gasteiger partial charge is 0.175 e. The number of hydrogen-bond donors (Lipinski definition) is 1. The fourth-order valence-corrected chi connectivity index (χ4v) is 1.61. The molecule has 2 aromatic rings. The molecule has 0 bridgehead atoms. The molecule has 0 amide bonds. The van der Waals surface area contributed by atoms with Crippen LogP contribution < -0.4 is 4.74 Å². The first-order chi connectivity index (χ1) is 8.79. The minimum Gasteiger partial charge on any atom is -0.489 e. The predicted octanol–water partition coefficient (Wildman–Crippen LogP) is 3.64. The van der Waals surface area contributed by atoms with E-state index < -0.39 is 0 Å². The summed E-state index contributed by atoms with van der Waals surface area (Å²) in [6.07, 6.45) is 0. The third-order valence-corrected chi connectivity index (χ3v) is 2.72. The van der Waals surface area contributed by atoms with Crippen molar-refractivity contribution >= 4 is 16.8 Å².